The van der Waals surface area contributed by atoms with Crippen LogP contribution in [0.3, 0.4) is 0 Å². The van der Waals surface area contributed by atoms with Gasteiger partial charge in [-0.1, -0.05) is 13.8 Å². The van der Waals surface area contributed by atoms with Crippen LogP contribution < -0.4 is 0 Å². The predicted molar refractivity (Wildman–Crippen MR) is 79.5 cm³/mol. The van der Waals surface area contributed by atoms with Gasteiger partial charge < -0.3 is 4.90 Å². The van der Waals surface area contributed by atoms with Crippen molar-refractivity contribution in [3.8, 4) is 0 Å². The lowest BCUT2D eigenvalue weighted by Crippen LogP contribution is -2.32. The molecule has 0 spiro atoms. The molecule has 0 bridgehead atoms. The summed E-state index contributed by atoms with van der Waals surface area (Å²) < 4.78 is 37.7. The molecule has 22 heavy (non-hydrogen) atoms. The lowest BCUT2D eigenvalue weighted by Gasteiger charge is -2.22. The molecule has 2 rings (SSSR count). The molecule has 0 saturated carbocycles. The van der Waals surface area contributed by atoms with Crippen LogP contribution in [0.25, 0.3) is 0 Å². The Balaban J connectivity index is 2.05. The van der Waals surface area contributed by atoms with Crippen molar-refractivity contribution < 1.29 is 18.0 Å². The highest BCUT2D eigenvalue weighted by Crippen LogP contribution is 2.29. The zero-order chi connectivity index (χ0) is 16.3. The van der Waals surface area contributed by atoms with Gasteiger partial charge in [0.25, 0.3) is 5.91 Å². The maximum Gasteiger partial charge on any atom is 0.416 e. The molecule has 1 amide bonds. The summed E-state index contributed by atoms with van der Waals surface area (Å²) >= 11 is 0. The van der Waals surface area contributed by atoms with Crippen LogP contribution >= 0.6 is 0 Å². The van der Waals surface area contributed by atoms with E-state index in [9.17, 15) is 18.0 Å². The number of amides is 1. The Morgan fingerprint density at radius 1 is 1.14 bits per heavy atom. The van der Waals surface area contributed by atoms with Gasteiger partial charge in [-0.05, 0) is 55.4 Å². The zero-order valence-corrected chi connectivity index (χ0v) is 13.0. The summed E-state index contributed by atoms with van der Waals surface area (Å²) in [6.07, 6.45) is -1.34. The third-order valence-corrected chi connectivity index (χ3v) is 4.46. The number of hydrogen-bond acceptors (Lipinski definition) is 1. The van der Waals surface area contributed by atoms with Crippen LogP contribution in [-0.2, 0) is 6.18 Å². The Hall–Kier alpha value is -1.52. The second-order valence-corrected chi connectivity index (χ2v) is 6.30. The molecule has 1 heterocycles. The first kappa shape index (κ1) is 16.8. The van der Waals surface area contributed by atoms with Crippen molar-refractivity contribution in [2.75, 3.05) is 13.1 Å². The van der Waals surface area contributed by atoms with E-state index in [2.05, 4.69) is 13.8 Å². The lowest BCUT2D eigenvalue weighted by molar-refractivity contribution is -0.137. The van der Waals surface area contributed by atoms with Gasteiger partial charge in [0.05, 0.1) is 5.56 Å². The normalized spacial score (nSPS) is 20.1. The van der Waals surface area contributed by atoms with E-state index < -0.39 is 11.7 Å². The highest BCUT2D eigenvalue weighted by Gasteiger charge is 2.30. The van der Waals surface area contributed by atoms with E-state index in [-0.39, 0.29) is 5.91 Å². The van der Waals surface area contributed by atoms with E-state index >= 15 is 0 Å². The number of nitrogens with zero attached hydrogens (tertiary/aromatic N) is 1. The van der Waals surface area contributed by atoms with Crippen LogP contribution in [0.2, 0.25) is 0 Å². The Morgan fingerprint density at radius 3 is 2.32 bits per heavy atom. The van der Waals surface area contributed by atoms with Crippen LogP contribution in [0.4, 0.5) is 13.2 Å². The monoisotopic (exact) mass is 313 g/mol. The fraction of sp³-hybridized carbons (Fsp3) is 0.588. The molecule has 0 N–H and O–H groups in total. The molecule has 1 saturated heterocycles. The highest BCUT2D eigenvalue weighted by atomic mass is 19.4. The minimum atomic E-state index is -4.37. The van der Waals surface area contributed by atoms with E-state index in [0.29, 0.717) is 30.5 Å². The second-order valence-electron chi connectivity index (χ2n) is 6.30. The van der Waals surface area contributed by atoms with Crippen molar-refractivity contribution in [3.05, 3.63) is 35.4 Å². The van der Waals surface area contributed by atoms with Gasteiger partial charge in [-0.2, -0.15) is 13.2 Å². The fourth-order valence-corrected chi connectivity index (χ4v) is 2.98. The third-order valence-electron chi connectivity index (χ3n) is 4.46. The molecule has 122 valence electrons. The number of hydrogen-bond donors (Lipinski definition) is 0. The number of benzene rings is 1. The van der Waals surface area contributed by atoms with E-state index in [1.165, 1.54) is 12.1 Å². The Labute approximate surface area is 129 Å². The van der Waals surface area contributed by atoms with Crippen molar-refractivity contribution >= 4 is 5.91 Å². The topological polar surface area (TPSA) is 20.3 Å². The number of rotatable bonds is 2. The average molecular weight is 313 g/mol. The van der Waals surface area contributed by atoms with Crippen LogP contribution in [0, 0.1) is 11.8 Å². The molecular weight excluding hydrogens is 291 g/mol. The van der Waals surface area contributed by atoms with E-state index in [1.54, 1.807) is 4.90 Å². The number of carbonyl (C=O) groups is 1. The number of carbonyl (C=O) groups excluding carboxylic acids is 1. The minimum Gasteiger partial charge on any atom is -0.339 e. The average Bonchev–Trinajstić information content (AvgIpc) is 2.71. The Kier molecular flexibility index (Phi) is 5.14. The number of alkyl halides is 3. The SMILES string of the molecule is CC(C)C1CCCN(C(=O)c2ccc(C(F)(F)F)cc2)CC1. The van der Waals surface area contributed by atoms with Gasteiger partial charge in [0.1, 0.15) is 0 Å². The maximum atomic E-state index is 12.6. The molecule has 0 aromatic heterocycles. The van der Waals surface area contributed by atoms with Crippen LogP contribution in [-0.4, -0.2) is 23.9 Å². The van der Waals surface area contributed by atoms with Gasteiger partial charge in [0, 0.05) is 18.7 Å². The molecule has 0 aliphatic carbocycles. The van der Waals surface area contributed by atoms with Gasteiger partial charge in [0.2, 0.25) is 0 Å². The Bertz CT molecular complexity index is 508. The van der Waals surface area contributed by atoms with E-state index in [4.69, 9.17) is 0 Å². The van der Waals surface area contributed by atoms with E-state index in [1.807, 2.05) is 0 Å². The first-order valence-electron chi connectivity index (χ1n) is 7.75. The van der Waals surface area contributed by atoms with Crippen molar-refractivity contribution in [2.45, 2.75) is 39.3 Å². The third kappa shape index (κ3) is 4.02. The molecule has 0 radical (unpaired) electrons. The Morgan fingerprint density at radius 2 is 1.77 bits per heavy atom. The summed E-state index contributed by atoms with van der Waals surface area (Å²) in [5.41, 5.74) is -0.393. The van der Waals surface area contributed by atoms with Crippen molar-refractivity contribution in [2.24, 2.45) is 11.8 Å². The van der Waals surface area contributed by atoms with Gasteiger partial charge in [-0.15, -0.1) is 0 Å². The first-order chi connectivity index (χ1) is 10.3. The molecule has 1 atom stereocenters. The molecule has 1 aliphatic heterocycles. The van der Waals surface area contributed by atoms with Gasteiger partial charge in [-0.25, -0.2) is 0 Å². The molecule has 1 unspecified atom stereocenters. The summed E-state index contributed by atoms with van der Waals surface area (Å²) in [5, 5.41) is 0. The number of halogens is 3. The molecular formula is C17H22F3NO. The largest absolute Gasteiger partial charge is 0.416 e. The molecule has 1 aromatic carbocycles. The van der Waals surface area contributed by atoms with Crippen molar-refractivity contribution in [3.63, 3.8) is 0 Å². The van der Waals surface area contributed by atoms with Crippen LogP contribution in [0.5, 0.6) is 0 Å². The predicted octanol–water partition coefficient (Wildman–Crippen LogP) is 4.60. The van der Waals surface area contributed by atoms with Crippen LogP contribution in [0.15, 0.2) is 24.3 Å². The minimum absolute atomic E-state index is 0.168. The molecule has 2 nitrogen and oxygen atoms in total. The summed E-state index contributed by atoms with van der Waals surface area (Å²) in [5.74, 6) is 1.05. The maximum absolute atomic E-state index is 12.6. The summed E-state index contributed by atoms with van der Waals surface area (Å²) in [6.45, 7) is 5.75. The molecule has 1 fully saturated rings. The first-order valence-corrected chi connectivity index (χ1v) is 7.75. The van der Waals surface area contributed by atoms with E-state index in [0.717, 1.165) is 31.4 Å². The van der Waals surface area contributed by atoms with Gasteiger partial charge in [-0.3, -0.25) is 4.79 Å². The second kappa shape index (κ2) is 6.71. The zero-order valence-electron chi connectivity index (χ0n) is 13.0. The van der Waals surface area contributed by atoms with Crippen molar-refractivity contribution in [1.82, 2.24) is 4.90 Å². The number of likely N-dealkylation sites (tertiary alicyclic amines) is 1. The lowest BCUT2D eigenvalue weighted by atomic mass is 9.89. The summed E-state index contributed by atoms with van der Waals surface area (Å²) in [6, 6.07) is 4.50. The highest BCUT2D eigenvalue weighted by molar-refractivity contribution is 5.94. The molecule has 1 aliphatic rings. The van der Waals surface area contributed by atoms with Gasteiger partial charge in [0.15, 0.2) is 0 Å². The molecule has 5 heteroatoms. The molecule has 1 aromatic rings. The summed E-state index contributed by atoms with van der Waals surface area (Å²) in [7, 11) is 0. The quantitative estimate of drug-likeness (QED) is 0.781. The van der Waals surface area contributed by atoms with Crippen molar-refractivity contribution in [1.29, 1.82) is 0 Å². The smallest absolute Gasteiger partial charge is 0.339 e. The fourth-order valence-electron chi connectivity index (χ4n) is 2.98. The standard InChI is InChI=1S/C17H22F3NO/c1-12(2)13-4-3-10-21(11-9-13)16(22)14-5-7-15(8-6-14)17(18,19)20/h5-8,12-13H,3-4,9-11H2,1-2H3. The van der Waals surface area contributed by atoms with Crippen LogP contribution in [0.1, 0.15) is 49.0 Å². The summed E-state index contributed by atoms with van der Waals surface area (Å²) in [4.78, 5) is 14.2. The van der Waals surface area contributed by atoms with Gasteiger partial charge >= 0.3 is 6.18 Å².